The second-order valence-corrected chi connectivity index (χ2v) is 7.33. The lowest BCUT2D eigenvalue weighted by Crippen LogP contribution is -2.59. The summed E-state index contributed by atoms with van der Waals surface area (Å²) >= 11 is 0. The van der Waals surface area contributed by atoms with Crippen LogP contribution in [-0.4, -0.2) is 46.3 Å². The minimum atomic E-state index is -1.26. The van der Waals surface area contributed by atoms with Gasteiger partial charge in [-0.15, -0.1) is 0 Å². The molecule has 132 valence electrons. The molecule has 0 bridgehead atoms. The van der Waals surface area contributed by atoms with E-state index in [9.17, 15) is 19.4 Å². The van der Waals surface area contributed by atoms with Gasteiger partial charge in [-0.25, -0.2) is 4.39 Å². The van der Waals surface area contributed by atoms with E-state index in [0.717, 1.165) is 19.4 Å². The fraction of sp³-hybridized carbons (Fsp3) is 0.632. The molecule has 1 aromatic carbocycles. The first-order chi connectivity index (χ1) is 11.5. The molecule has 0 unspecified atom stereocenters. The predicted molar refractivity (Wildman–Crippen MR) is 89.2 cm³/mol. The number of halogens is 1. The summed E-state index contributed by atoms with van der Waals surface area (Å²) in [5, 5.41) is 20.5. The zero-order valence-electron chi connectivity index (χ0n) is 14.0. The molecule has 5 heteroatoms. The van der Waals surface area contributed by atoms with Crippen LogP contribution < -0.4 is 0 Å². The maximum Gasteiger partial charge on any atom is 0.313 e. The zero-order valence-corrected chi connectivity index (χ0v) is 14.0. The summed E-state index contributed by atoms with van der Waals surface area (Å²) in [4.78, 5) is 14.4. The number of nitrogens with zero attached hydrogens (tertiary/aromatic N) is 1. The summed E-state index contributed by atoms with van der Waals surface area (Å²) < 4.78 is 13.5. The summed E-state index contributed by atoms with van der Waals surface area (Å²) in [5.41, 5.74) is -0.634. The Labute approximate surface area is 142 Å². The van der Waals surface area contributed by atoms with E-state index in [0.29, 0.717) is 24.6 Å². The van der Waals surface area contributed by atoms with Gasteiger partial charge in [0, 0.05) is 19.1 Å². The molecule has 1 aliphatic heterocycles. The third-order valence-electron chi connectivity index (χ3n) is 5.74. The lowest BCUT2D eigenvalue weighted by molar-refractivity contribution is -0.164. The summed E-state index contributed by atoms with van der Waals surface area (Å²) in [6.45, 7) is 1.08. The van der Waals surface area contributed by atoms with Gasteiger partial charge < -0.3 is 10.2 Å². The standard InChI is InChI=1S/C19H26FNO3/c20-15-6-4-5-14(11-15)12-19(18(23)24)13-21(10-9-17(19)22)16-7-2-1-3-8-16/h4-6,11,16-17,22H,1-3,7-10,12-13H2,(H,23,24)/t17-,19-/m1/s1. The molecule has 24 heavy (non-hydrogen) atoms. The number of aliphatic hydroxyl groups is 1. The van der Waals surface area contributed by atoms with Gasteiger partial charge in [0.15, 0.2) is 0 Å². The van der Waals surface area contributed by atoms with Crippen LogP contribution in [0.4, 0.5) is 4.39 Å². The number of likely N-dealkylation sites (tertiary alicyclic amines) is 1. The van der Waals surface area contributed by atoms with Crippen molar-refractivity contribution < 1.29 is 19.4 Å². The first-order valence-corrected chi connectivity index (χ1v) is 8.91. The number of hydrogen-bond acceptors (Lipinski definition) is 3. The van der Waals surface area contributed by atoms with Gasteiger partial charge in [-0.1, -0.05) is 31.4 Å². The molecule has 1 saturated heterocycles. The minimum Gasteiger partial charge on any atom is -0.481 e. The van der Waals surface area contributed by atoms with Crippen molar-refractivity contribution >= 4 is 5.97 Å². The van der Waals surface area contributed by atoms with Crippen molar-refractivity contribution in [2.75, 3.05) is 13.1 Å². The molecule has 0 spiro atoms. The van der Waals surface area contributed by atoms with E-state index >= 15 is 0 Å². The van der Waals surface area contributed by atoms with E-state index in [1.54, 1.807) is 12.1 Å². The van der Waals surface area contributed by atoms with E-state index in [1.165, 1.54) is 31.4 Å². The van der Waals surface area contributed by atoms with Gasteiger partial charge in [0.2, 0.25) is 0 Å². The van der Waals surface area contributed by atoms with Gasteiger partial charge in [-0.05, 0) is 43.4 Å². The highest BCUT2D eigenvalue weighted by Crippen LogP contribution is 2.37. The van der Waals surface area contributed by atoms with Crippen LogP contribution >= 0.6 is 0 Å². The first-order valence-electron chi connectivity index (χ1n) is 8.91. The van der Waals surface area contributed by atoms with Crippen LogP contribution in [0.15, 0.2) is 24.3 Å². The van der Waals surface area contributed by atoms with Crippen molar-refractivity contribution in [3.8, 4) is 0 Å². The summed E-state index contributed by atoms with van der Waals surface area (Å²) in [6.07, 6.45) is 5.54. The Morgan fingerprint density at radius 2 is 2.00 bits per heavy atom. The van der Waals surface area contributed by atoms with Crippen LogP contribution in [0.2, 0.25) is 0 Å². The maximum atomic E-state index is 13.5. The third-order valence-corrected chi connectivity index (χ3v) is 5.74. The average molecular weight is 335 g/mol. The molecule has 2 N–H and O–H groups in total. The number of carbonyl (C=O) groups is 1. The largest absolute Gasteiger partial charge is 0.481 e. The first kappa shape index (κ1) is 17.4. The van der Waals surface area contributed by atoms with Crippen molar-refractivity contribution in [3.05, 3.63) is 35.6 Å². The SMILES string of the molecule is O=C(O)[C@]1(Cc2cccc(F)c2)CN(C2CCCCC2)CC[C@H]1O. The van der Waals surface area contributed by atoms with Gasteiger partial charge in [0.25, 0.3) is 0 Å². The van der Waals surface area contributed by atoms with Crippen molar-refractivity contribution in [3.63, 3.8) is 0 Å². The van der Waals surface area contributed by atoms with Gasteiger partial charge in [-0.3, -0.25) is 9.69 Å². The lowest BCUT2D eigenvalue weighted by Gasteiger charge is -2.47. The van der Waals surface area contributed by atoms with E-state index < -0.39 is 17.5 Å². The molecule has 0 radical (unpaired) electrons. The van der Waals surface area contributed by atoms with Gasteiger partial charge >= 0.3 is 5.97 Å². The van der Waals surface area contributed by atoms with E-state index in [4.69, 9.17) is 0 Å². The highest BCUT2D eigenvalue weighted by atomic mass is 19.1. The molecule has 4 nitrogen and oxygen atoms in total. The molecule has 2 fully saturated rings. The van der Waals surface area contributed by atoms with Crippen LogP contribution in [0.1, 0.15) is 44.1 Å². The molecule has 2 aliphatic rings. The Bertz CT molecular complexity index is 588. The number of carboxylic acid groups (broad SMARTS) is 1. The number of aliphatic hydroxyl groups excluding tert-OH is 1. The van der Waals surface area contributed by atoms with Crippen LogP contribution in [0.3, 0.4) is 0 Å². The molecular formula is C19H26FNO3. The van der Waals surface area contributed by atoms with E-state index in [-0.39, 0.29) is 12.2 Å². The smallest absolute Gasteiger partial charge is 0.313 e. The molecule has 2 atom stereocenters. The van der Waals surface area contributed by atoms with Crippen LogP contribution in [-0.2, 0) is 11.2 Å². The number of aliphatic carboxylic acids is 1. The quantitative estimate of drug-likeness (QED) is 0.888. The van der Waals surface area contributed by atoms with Gasteiger partial charge in [0.1, 0.15) is 11.2 Å². The van der Waals surface area contributed by atoms with Gasteiger partial charge in [-0.2, -0.15) is 0 Å². The average Bonchev–Trinajstić information content (AvgIpc) is 2.57. The van der Waals surface area contributed by atoms with Crippen molar-refractivity contribution in [1.82, 2.24) is 4.90 Å². The Kier molecular flexibility index (Phi) is 5.21. The predicted octanol–water partition coefficient (Wildman–Crippen LogP) is 2.84. The highest BCUT2D eigenvalue weighted by molar-refractivity contribution is 5.76. The second-order valence-electron chi connectivity index (χ2n) is 7.33. The summed E-state index contributed by atoms with van der Waals surface area (Å²) in [7, 11) is 0. The van der Waals surface area contributed by atoms with Crippen molar-refractivity contribution in [1.29, 1.82) is 0 Å². The molecule has 3 rings (SSSR count). The van der Waals surface area contributed by atoms with Crippen LogP contribution in [0.5, 0.6) is 0 Å². The van der Waals surface area contributed by atoms with Crippen LogP contribution in [0.25, 0.3) is 0 Å². The van der Waals surface area contributed by atoms with Crippen molar-refractivity contribution in [2.24, 2.45) is 5.41 Å². The molecule has 0 amide bonds. The van der Waals surface area contributed by atoms with Gasteiger partial charge in [0.05, 0.1) is 6.10 Å². The number of rotatable bonds is 4. The fourth-order valence-corrected chi connectivity index (χ4v) is 4.34. The molecular weight excluding hydrogens is 309 g/mol. The fourth-order valence-electron chi connectivity index (χ4n) is 4.34. The third kappa shape index (κ3) is 3.47. The Hall–Kier alpha value is -1.46. The summed E-state index contributed by atoms with van der Waals surface area (Å²) in [5.74, 6) is -1.36. The van der Waals surface area contributed by atoms with E-state index in [1.807, 2.05) is 0 Å². The Morgan fingerprint density at radius 1 is 1.25 bits per heavy atom. The molecule has 1 aromatic rings. The number of hydrogen-bond donors (Lipinski definition) is 2. The molecule has 1 heterocycles. The molecule has 0 aromatic heterocycles. The van der Waals surface area contributed by atoms with E-state index in [2.05, 4.69) is 4.90 Å². The molecule has 1 saturated carbocycles. The zero-order chi connectivity index (χ0) is 17.2. The van der Waals surface area contributed by atoms with Crippen molar-refractivity contribution in [2.45, 2.75) is 57.1 Å². The normalized spacial score (nSPS) is 29.5. The lowest BCUT2D eigenvalue weighted by atomic mass is 9.72. The minimum absolute atomic E-state index is 0.157. The highest BCUT2D eigenvalue weighted by Gasteiger charge is 2.50. The maximum absolute atomic E-state index is 13.5. The molecule has 1 aliphatic carbocycles. The second kappa shape index (κ2) is 7.19. The van der Waals surface area contributed by atoms with Crippen LogP contribution in [0, 0.1) is 11.2 Å². The number of piperidine rings is 1. The number of carboxylic acids is 1. The monoisotopic (exact) mass is 335 g/mol. The number of benzene rings is 1. The Morgan fingerprint density at radius 3 is 2.67 bits per heavy atom. The Balaban J connectivity index is 1.84. The summed E-state index contributed by atoms with van der Waals surface area (Å²) in [6, 6.07) is 6.46. The topological polar surface area (TPSA) is 60.8 Å².